The molecule has 0 aromatic carbocycles. The van der Waals surface area contributed by atoms with Gasteiger partial charge < -0.3 is 9.84 Å². The number of hydrogen-bond donors (Lipinski definition) is 1. The normalized spacial score (nSPS) is 42.8. The van der Waals surface area contributed by atoms with E-state index in [1.54, 1.807) is 0 Å². The van der Waals surface area contributed by atoms with Crippen molar-refractivity contribution in [1.82, 2.24) is 0 Å². The minimum absolute atomic E-state index is 0.0306. The Bertz CT molecular complexity index is 358. The van der Waals surface area contributed by atoms with Crippen molar-refractivity contribution in [3.05, 3.63) is 11.1 Å². The Morgan fingerprint density at radius 3 is 3.00 bits per heavy atom. The van der Waals surface area contributed by atoms with E-state index in [9.17, 15) is 9.90 Å². The van der Waals surface area contributed by atoms with Crippen LogP contribution in [0.3, 0.4) is 0 Å². The van der Waals surface area contributed by atoms with E-state index in [2.05, 4.69) is 6.92 Å². The maximum atomic E-state index is 11.4. The van der Waals surface area contributed by atoms with Crippen LogP contribution in [0.1, 0.15) is 39.0 Å². The molecule has 1 aliphatic heterocycles. The van der Waals surface area contributed by atoms with Crippen LogP contribution in [0.15, 0.2) is 11.1 Å². The molecule has 3 aliphatic rings. The summed E-state index contributed by atoms with van der Waals surface area (Å²) in [6, 6.07) is 0. The van der Waals surface area contributed by atoms with Gasteiger partial charge in [-0.2, -0.15) is 0 Å². The summed E-state index contributed by atoms with van der Waals surface area (Å²) in [5.41, 5.74) is 2.79. The van der Waals surface area contributed by atoms with E-state index in [-0.39, 0.29) is 18.0 Å². The van der Waals surface area contributed by atoms with E-state index in [0.29, 0.717) is 12.3 Å². The Balaban J connectivity index is 1.98. The smallest absolute Gasteiger partial charge is 0.306 e. The number of aliphatic hydroxyl groups is 1. The van der Waals surface area contributed by atoms with Gasteiger partial charge in [0, 0.05) is 11.8 Å². The van der Waals surface area contributed by atoms with Crippen molar-refractivity contribution in [2.24, 2.45) is 11.8 Å². The van der Waals surface area contributed by atoms with Gasteiger partial charge >= 0.3 is 5.97 Å². The topological polar surface area (TPSA) is 46.5 Å². The summed E-state index contributed by atoms with van der Waals surface area (Å²) in [5.74, 6) is 0.302. The Kier molecular flexibility index (Phi) is 2.32. The van der Waals surface area contributed by atoms with Gasteiger partial charge in [0.1, 0.15) is 6.10 Å². The molecular formula is C13H18O3. The molecule has 3 rings (SSSR count). The summed E-state index contributed by atoms with van der Waals surface area (Å²) in [6.45, 7) is 2.12. The van der Waals surface area contributed by atoms with Gasteiger partial charge in [-0.05, 0) is 32.6 Å². The van der Waals surface area contributed by atoms with Gasteiger partial charge in [0.15, 0.2) is 0 Å². The second-order valence-electron chi connectivity index (χ2n) is 5.40. The molecule has 1 heterocycles. The van der Waals surface area contributed by atoms with Crippen LogP contribution >= 0.6 is 0 Å². The Morgan fingerprint density at radius 1 is 1.38 bits per heavy atom. The number of fused-ring (bicyclic) bond motifs is 3. The number of rotatable bonds is 0. The van der Waals surface area contributed by atoms with Gasteiger partial charge in [-0.3, -0.25) is 4.79 Å². The van der Waals surface area contributed by atoms with Crippen LogP contribution in [0, 0.1) is 11.8 Å². The number of esters is 1. The van der Waals surface area contributed by atoms with E-state index in [1.807, 2.05) is 0 Å². The Hall–Kier alpha value is -0.830. The molecular weight excluding hydrogens is 204 g/mol. The third-order valence-corrected chi connectivity index (χ3v) is 4.46. The lowest BCUT2D eigenvalue weighted by Gasteiger charge is -2.24. The highest BCUT2D eigenvalue weighted by Gasteiger charge is 2.47. The number of aliphatic hydroxyl groups excluding tert-OH is 1. The maximum Gasteiger partial charge on any atom is 0.306 e. The summed E-state index contributed by atoms with van der Waals surface area (Å²) in [5, 5.41) is 10.1. The second-order valence-corrected chi connectivity index (χ2v) is 5.40. The molecule has 1 saturated carbocycles. The zero-order valence-corrected chi connectivity index (χ0v) is 9.61. The minimum atomic E-state index is -0.394. The van der Waals surface area contributed by atoms with E-state index in [0.717, 1.165) is 19.3 Å². The fraction of sp³-hybridized carbons (Fsp3) is 0.769. The average molecular weight is 222 g/mol. The Morgan fingerprint density at radius 2 is 2.19 bits per heavy atom. The number of ether oxygens (including phenoxy) is 1. The van der Waals surface area contributed by atoms with Gasteiger partial charge in [0.25, 0.3) is 0 Å². The molecule has 0 spiro atoms. The van der Waals surface area contributed by atoms with Crippen LogP contribution in [-0.2, 0) is 9.53 Å². The van der Waals surface area contributed by atoms with Gasteiger partial charge in [0.05, 0.1) is 12.5 Å². The van der Waals surface area contributed by atoms with Crippen molar-refractivity contribution in [2.75, 3.05) is 0 Å². The van der Waals surface area contributed by atoms with Crippen LogP contribution in [0.2, 0.25) is 0 Å². The second kappa shape index (κ2) is 3.59. The maximum absolute atomic E-state index is 11.4. The van der Waals surface area contributed by atoms with Gasteiger partial charge in [0.2, 0.25) is 0 Å². The Labute approximate surface area is 95.5 Å². The number of carbonyl (C=O) groups is 1. The van der Waals surface area contributed by atoms with Crippen LogP contribution in [-0.4, -0.2) is 23.3 Å². The van der Waals surface area contributed by atoms with Crippen LogP contribution in [0.4, 0.5) is 0 Å². The SMILES string of the molecule is CC1=C2CCC[C@H]2[C@@H]2OC(=O)C[C@H]2[C@H](O)C1. The lowest BCUT2D eigenvalue weighted by Crippen LogP contribution is -2.31. The van der Waals surface area contributed by atoms with Crippen molar-refractivity contribution in [1.29, 1.82) is 0 Å². The predicted octanol–water partition coefficient (Wildman–Crippen LogP) is 1.80. The third kappa shape index (κ3) is 1.41. The quantitative estimate of drug-likeness (QED) is 0.502. The molecule has 0 bridgehead atoms. The molecule has 2 aliphatic carbocycles. The summed E-state index contributed by atoms with van der Waals surface area (Å²) in [7, 11) is 0. The van der Waals surface area contributed by atoms with E-state index < -0.39 is 6.10 Å². The summed E-state index contributed by atoms with van der Waals surface area (Å²) in [6.07, 6.45) is 4.14. The minimum Gasteiger partial charge on any atom is -0.461 e. The lowest BCUT2D eigenvalue weighted by molar-refractivity contribution is -0.143. The number of carbonyl (C=O) groups excluding carboxylic acids is 1. The van der Waals surface area contributed by atoms with Gasteiger partial charge in [-0.15, -0.1) is 0 Å². The molecule has 0 amide bonds. The predicted molar refractivity (Wildman–Crippen MR) is 58.7 cm³/mol. The zero-order chi connectivity index (χ0) is 11.3. The van der Waals surface area contributed by atoms with Crippen LogP contribution < -0.4 is 0 Å². The van der Waals surface area contributed by atoms with E-state index in [1.165, 1.54) is 17.6 Å². The molecule has 2 fully saturated rings. The van der Waals surface area contributed by atoms with Gasteiger partial charge in [-0.25, -0.2) is 0 Å². The summed E-state index contributed by atoms with van der Waals surface area (Å²) >= 11 is 0. The summed E-state index contributed by atoms with van der Waals surface area (Å²) in [4.78, 5) is 11.4. The third-order valence-electron chi connectivity index (χ3n) is 4.46. The van der Waals surface area contributed by atoms with E-state index >= 15 is 0 Å². The average Bonchev–Trinajstić information content (AvgIpc) is 2.80. The molecule has 88 valence electrons. The molecule has 3 heteroatoms. The summed E-state index contributed by atoms with van der Waals surface area (Å²) < 4.78 is 5.44. The molecule has 0 unspecified atom stereocenters. The zero-order valence-electron chi connectivity index (χ0n) is 9.61. The van der Waals surface area contributed by atoms with Crippen LogP contribution in [0.5, 0.6) is 0 Å². The fourth-order valence-electron chi connectivity index (χ4n) is 3.69. The van der Waals surface area contributed by atoms with Crippen LogP contribution in [0.25, 0.3) is 0 Å². The fourth-order valence-corrected chi connectivity index (χ4v) is 3.69. The molecule has 0 radical (unpaired) electrons. The van der Waals surface area contributed by atoms with Crippen molar-refractivity contribution >= 4 is 5.97 Å². The first-order chi connectivity index (χ1) is 7.66. The monoisotopic (exact) mass is 222 g/mol. The molecule has 3 nitrogen and oxygen atoms in total. The molecule has 1 saturated heterocycles. The first-order valence-corrected chi connectivity index (χ1v) is 6.23. The lowest BCUT2D eigenvalue weighted by atomic mass is 9.86. The first kappa shape index (κ1) is 10.3. The number of hydrogen-bond acceptors (Lipinski definition) is 3. The van der Waals surface area contributed by atoms with Crippen molar-refractivity contribution < 1.29 is 14.6 Å². The molecule has 1 N–H and O–H groups in total. The van der Waals surface area contributed by atoms with E-state index in [4.69, 9.17) is 4.74 Å². The molecule has 16 heavy (non-hydrogen) atoms. The standard InChI is InChI=1S/C13H18O3/c1-7-5-11(14)10-6-12(15)16-13(10)9-4-2-3-8(7)9/h9-11,13-14H,2-6H2,1H3/t9-,10+,11-,13+/m1/s1. The van der Waals surface area contributed by atoms with Crippen molar-refractivity contribution in [2.45, 2.75) is 51.2 Å². The highest BCUT2D eigenvalue weighted by atomic mass is 16.6. The van der Waals surface area contributed by atoms with Crippen molar-refractivity contribution in [3.8, 4) is 0 Å². The highest BCUT2D eigenvalue weighted by Crippen LogP contribution is 2.46. The van der Waals surface area contributed by atoms with Crippen molar-refractivity contribution in [3.63, 3.8) is 0 Å². The first-order valence-electron chi connectivity index (χ1n) is 6.23. The molecule has 0 aromatic rings. The molecule has 4 atom stereocenters. The molecule has 0 aromatic heterocycles. The largest absolute Gasteiger partial charge is 0.461 e. The highest BCUT2D eigenvalue weighted by molar-refractivity contribution is 5.72. The van der Waals surface area contributed by atoms with Gasteiger partial charge in [-0.1, -0.05) is 11.1 Å².